The lowest BCUT2D eigenvalue weighted by atomic mass is 9.81. The molecule has 0 aliphatic heterocycles. The van der Waals surface area contributed by atoms with Crippen molar-refractivity contribution in [1.82, 2.24) is 15.6 Å². The number of hydrogen-bond acceptors (Lipinski definition) is 5. The number of hydrogen-bond donors (Lipinski definition) is 4. The summed E-state index contributed by atoms with van der Waals surface area (Å²) in [6.07, 6.45) is 8.23. The number of nitrogen functional groups attached to an aromatic ring is 1. The summed E-state index contributed by atoms with van der Waals surface area (Å²) in [5, 5.41) is 6.10. The average Bonchev–Trinajstić information content (AvgIpc) is 2.94. The Bertz CT molecular complexity index is 609. The predicted molar refractivity (Wildman–Crippen MR) is 108 cm³/mol. The SMILES string of the molecule is Cc1nc(N)sc1CCCN=C(N)NC(=O)NCC(C)C1CCCCC1. The van der Waals surface area contributed by atoms with Crippen molar-refractivity contribution in [3.63, 3.8) is 0 Å². The van der Waals surface area contributed by atoms with E-state index in [9.17, 15) is 4.79 Å². The third kappa shape index (κ3) is 6.82. The normalized spacial score (nSPS) is 17.1. The lowest BCUT2D eigenvalue weighted by molar-refractivity contribution is 0.231. The van der Waals surface area contributed by atoms with Crippen molar-refractivity contribution in [2.75, 3.05) is 18.8 Å². The van der Waals surface area contributed by atoms with Crippen LogP contribution in [0.4, 0.5) is 9.93 Å². The molecule has 8 heteroatoms. The van der Waals surface area contributed by atoms with Gasteiger partial charge in [-0.25, -0.2) is 9.78 Å². The maximum absolute atomic E-state index is 11.9. The smallest absolute Gasteiger partial charge is 0.321 e. The number of aromatic nitrogens is 1. The van der Waals surface area contributed by atoms with Crippen molar-refractivity contribution in [3.05, 3.63) is 10.6 Å². The zero-order chi connectivity index (χ0) is 18.9. The number of carbonyl (C=O) groups excluding carboxylic acids is 1. The van der Waals surface area contributed by atoms with Gasteiger partial charge >= 0.3 is 6.03 Å². The quantitative estimate of drug-likeness (QED) is 0.330. The van der Waals surface area contributed by atoms with Gasteiger partial charge in [-0.15, -0.1) is 11.3 Å². The summed E-state index contributed by atoms with van der Waals surface area (Å²) in [4.78, 5) is 21.5. The summed E-state index contributed by atoms with van der Waals surface area (Å²) in [6, 6.07) is -0.278. The molecule has 2 amide bonds. The minimum Gasteiger partial charge on any atom is -0.375 e. The van der Waals surface area contributed by atoms with Crippen molar-refractivity contribution in [2.24, 2.45) is 22.6 Å². The van der Waals surface area contributed by atoms with Crippen LogP contribution in [0.25, 0.3) is 0 Å². The molecule has 2 rings (SSSR count). The van der Waals surface area contributed by atoms with Crippen LogP contribution in [0.2, 0.25) is 0 Å². The number of aliphatic imine (C=N–C) groups is 1. The first kappa shape index (κ1) is 20.5. The second-order valence-corrected chi connectivity index (χ2v) is 8.26. The van der Waals surface area contributed by atoms with Gasteiger partial charge in [-0.05, 0) is 31.6 Å². The fraction of sp³-hybridized carbons (Fsp3) is 0.722. The highest BCUT2D eigenvalue weighted by Gasteiger charge is 2.20. The highest BCUT2D eigenvalue weighted by atomic mass is 32.1. The summed E-state index contributed by atoms with van der Waals surface area (Å²) >= 11 is 1.51. The highest BCUT2D eigenvalue weighted by molar-refractivity contribution is 7.15. The van der Waals surface area contributed by atoms with E-state index in [0.29, 0.717) is 24.1 Å². The monoisotopic (exact) mass is 380 g/mol. The molecule has 26 heavy (non-hydrogen) atoms. The molecule has 0 saturated heterocycles. The molecule has 0 aromatic carbocycles. The zero-order valence-electron chi connectivity index (χ0n) is 15.9. The molecule has 1 atom stereocenters. The summed E-state index contributed by atoms with van der Waals surface area (Å²) in [5.74, 6) is 1.38. The minimum absolute atomic E-state index is 0.161. The molecule has 1 saturated carbocycles. The standard InChI is InChI=1S/C18H32N6OS/c1-12(14-7-4-3-5-8-14)11-22-18(25)24-16(19)21-10-6-9-15-13(2)23-17(20)26-15/h12,14H,3-11H2,1-2H3,(H2,20,23)(H4,19,21,22,24,25). The fourth-order valence-corrected chi connectivity index (χ4v) is 4.32. The molecule has 1 fully saturated rings. The summed E-state index contributed by atoms with van der Waals surface area (Å²) < 4.78 is 0. The molecule has 0 spiro atoms. The number of amides is 2. The van der Waals surface area contributed by atoms with E-state index in [1.54, 1.807) is 0 Å². The topological polar surface area (TPSA) is 118 Å². The molecule has 1 heterocycles. The molecule has 6 N–H and O–H groups in total. The molecule has 1 aliphatic rings. The van der Waals surface area contributed by atoms with Crippen LogP contribution in [0, 0.1) is 18.8 Å². The Morgan fingerprint density at radius 2 is 2.12 bits per heavy atom. The van der Waals surface area contributed by atoms with Gasteiger partial charge < -0.3 is 16.8 Å². The molecular formula is C18H32N6OS. The number of nitrogens with zero attached hydrogens (tertiary/aromatic N) is 2. The Balaban J connectivity index is 1.62. The lowest BCUT2D eigenvalue weighted by Crippen LogP contribution is -2.45. The first-order chi connectivity index (χ1) is 12.5. The van der Waals surface area contributed by atoms with Crippen molar-refractivity contribution < 1.29 is 4.79 Å². The Morgan fingerprint density at radius 1 is 1.38 bits per heavy atom. The van der Waals surface area contributed by atoms with Crippen LogP contribution in [0.3, 0.4) is 0 Å². The first-order valence-corrected chi connectivity index (χ1v) is 10.3. The Kier molecular flexibility index (Phi) is 8.15. The molecule has 7 nitrogen and oxygen atoms in total. The van der Waals surface area contributed by atoms with Gasteiger partial charge in [0.1, 0.15) is 0 Å². The third-order valence-corrected chi connectivity index (χ3v) is 6.08. The molecule has 1 unspecified atom stereocenters. The number of nitrogens with one attached hydrogen (secondary N) is 2. The molecule has 1 aromatic rings. The number of guanidine groups is 1. The van der Waals surface area contributed by atoms with Crippen molar-refractivity contribution in [3.8, 4) is 0 Å². The van der Waals surface area contributed by atoms with E-state index in [4.69, 9.17) is 11.5 Å². The number of rotatable bonds is 7. The number of anilines is 1. The van der Waals surface area contributed by atoms with Crippen LogP contribution >= 0.6 is 11.3 Å². The summed E-state index contributed by atoms with van der Waals surface area (Å²) in [5.41, 5.74) is 12.5. The summed E-state index contributed by atoms with van der Waals surface area (Å²) in [6.45, 7) is 5.40. The molecular weight excluding hydrogens is 348 g/mol. The fourth-order valence-electron chi connectivity index (χ4n) is 3.45. The molecule has 146 valence electrons. The van der Waals surface area contributed by atoms with Crippen LogP contribution in [0.1, 0.15) is 56.0 Å². The number of nitrogens with two attached hydrogens (primary N) is 2. The highest BCUT2D eigenvalue weighted by Crippen LogP contribution is 2.29. The van der Waals surface area contributed by atoms with Gasteiger partial charge in [0, 0.05) is 18.0 Å². The average molecular weight is 381 g/mol. The van der Waals surface area contributed by atoms with Crippen molar-refractivity contribution in [1.29, 1.82) is 0 Å². The zero-order valence-corrected chi connectivity index (χ0v) is 16.7. The van der Waals surface area contributed by atoms with E-state index < -0.39 is 0 Å². The van der Waals surface area contributed by atoms with Gasteiger partial charge in [0.2, 0.25) is 0 Å². The maximum Gasteiger partial charge on any atom is 0.321 e. The van der Waals surface area contributed by atoms with Gasteiger partial charge in [0.25, 0.3) is 0 Å². The van der Waals surface area contributed by atoms with Gasteiger partial charge in [0.15, 0.2) is 11.1 Å². The Labute approximate surface area is 160 Å². The number of urea groups is 1. The second kappa shape index (κ2) is 10.4. The first-order valence-electron chi connectivity index (χ1n) is 9.52. The predicted octanol–water partition coefficient (Wildman–Crippen LogP) is 2.80. The number of thiazole rings is 1. The van der Waals surface area contributed by atoms with Crippen LogP contribution in [0.5, 0.6) is 0 Å². The maximum atomic E-state index is 11.9. The van der Waals surface area contributed by atoms with Crippen molar-refractivity contribution in [2.45, 2.75) is 58.8 Å². The third-order valence-electron chi connectivity index (χ3n) is 5.03. The van der Waals surface area contributed by atoms with Crippen LogP contribution in [-0.4, -0.2) is 30.1 Å². The van der Waals surface area contributed by atoms with Crippen LogP contribution in [-0.2, 0) is 6.42 Å². The number of carbonyl (C=O) groups is 1. The van der Waals surface area contributed by atoms with E-state index in [0.717, 1.165) is 24.5 Å². The Hall–Kier alpha value is -1.83. The summed E-state index contributed by atoms with van der Waals surface area (Å²) in [7, 11) is 0. The molecule has 0 radical (unpaired) electrons. The van der Waals surface area contributed by atoms with Crippen molar-refractivity contribution >= 4 is 28.5 Å². The van der Waals surface area contributed by atoms with E-state index in [-0.39, 0.29) is 12.0 Å². The van der Waals surface area contributed by atoms with E-state index in [1.807, 2.05) is 6.92 Å². The number of aryl methyl sites for hydroxylation is 2. The van der Waals surface area contributed by atoms with Gasteiger partial charge in [-0.1, -0.05) is 39.0 Å². The largest absolute Gasteiger partial charge is 0.375 e. The van der Waals surface area contributed by atoms with Crippen LogP contribution < -0.4 is 22.1 Å². The second-order valence-electron chi connectivity index (χ2n) is 7.14. The molecule has 0 bridgehead atoms. The minimum atomic E-state index is -0.278. The van der Waals surface area contributed by atoms with Crippen LogP contribution in [0.15, 0.2) is 4.99 Å². The van der Waals surface area contributed by atoms with E-state index in [1.165, 1.54) is 48.3 Å². The van der Waals surface area contributed by atoms with E-state index in [2.05, 4.69) is 27.5 Å². The molecule has 1 aliphatic carbocycles. The molecule has 1 aromatic heterocycles. The van der Waals surface area contributed by atoms with E-state index >= 15 is 0 Å². The van der Waals surface area contributed by atoms with Gasteiger partial charge in [-0.2, -0.15) is 0 Å². The Morgan fingerprint density at radius 3 is 2.77 bits per heavy atom. The van der Waals surface area contributed by atoms with Gasteiger partial charge in [-0.3, -0.25) is 10.3 Å². The lowest BCUT2D eigenvalue weighted by Gasteiger charge is -2.27. The van der Waals surface area contributed by atoms with Gasteiger partial charge in [0.05, 0.1) is 5.69 Å².